The minimum atomic E-state index is -1.00. The second kappa shape index (κ2) is 6.92. The van der Waals surface area contributed by atoms with Crippen LogP contribution in [0.25, 0.3) is 6.08 Å². The Morgan fingerprint density at radius 2 is 2.11 bits per heavy atom. The van der Waals surface area contributed by atoms with Gasteiger partial charge in [0.2, 0.25) is 5.91 Å². The van der Waals surface area contributed by atoms with Crippen LogP contribution in [0.5, 0.6) is 0 Å². The fraction of sp³-hybridized carbons (Fsp3) is 0.143. The lowest BCUT2D eigenvalue weighted by Gasteiger charge is -1.97. The van der Waals surface area contributed by atoms with Gasteiger partial charge < -0.3 is 10.4 Å². The molecule has 4 nitrogen and oxygen atoms in total. The molecule has 0 aromatic heterocycles. The molecule has 0 aliphatic carbocycles. The first-order chi connectivity index (χ1) is 8.59. The van der Waals surface area contributed by atoms with Gasteiger partial charge in [-0.25, -0.2) is 4.79 Å². The van der Waals surface area contributed by atoms with E-state index >= 15 is 0 Å². The molecule has 92 valence electrons. The van der Waals surface area contributed by atoms with E-state index in [4.69, 9.17) is 5.11 Å². The predicted octanol–water partition coefficient (Wildman–Crippen LogP) is 1.27. The predicted molar refractivity (Wildman–Crippen MR) is 68.7 cm³/mol. The lowest BCUT2D eigenvalue weighted by atomic mass is 10.1. The highest BCUT2D eigenvalue weighted by Crippen LogP contribution is 2.09. The van der Waals surface area contributed by atoms with Crippen molar-refractivity contribution in [3.05, 3.63) is 41.5 Å². The minimum Gasteiger partial charge on any atom is -0.478 e. The molecule has 0 aliphatic rings. The highest BCUT2D eigenvalue weighted by molar-refractivity contribution is 5.85. The van der Waals surface area contributed by atoms with Crippen LogP contribution in [0.15, 0.2) is 30.3 Å². The maximum atomic E-state index is 10.6. The molecule has 0 saturated carbocycles. The van der Waals surface area contributed by atoms with E-state index in [0.717, 1.165) is 17.2 Å². The van der Waals surface area contributed by atoms with Crippen molar-refractivity contribution < 1.29 is 14.7 Å². The quantitative estimate of drug-likeness (QED) is 0.620. The van der Waals surface area contributed by atoms with Crippen LogP contribution in [-0.2, 0) is 9.59 Å². The van der Waals surface area contributed by atoms with Gasteiger partial charge in [-0.15, -0.1) is 0 Å². The molecule has 0 radical (unpaired) electrons. The van der Waals surface area contributed by atoms with Gasteiger partial charge in [0.15, 0.2) is 0 Å². The Balaban J connectivity index is 2.82. The van der Waals surface area contributed by atoms with Crippen LogP contribution in [0.3, 0.4) is 0 Å². The van der Waals surface area contributed by atoms with Crippen molar-refractivity contribution in [3.63, 3.8) is 0 Å². The van der Waals surface area contributed by atoms with Gasteiger partial charge in [-0.1, -0.05) is 30.0 Å². The average molecular weight is 243 g/mol. The summed E-state index contributed by atoms with van der Waals surface area (Å²) in [5, 5.41) is 11.1. The molecule has 0 fully saturated rings. The highest BCUT2D eigenvalue weighted by Gasteiger charge is 1.95. The normalized spacial score (nSPS) is 9.61. The molecule has 1 aromatic rings. The molecule has 4 heteroatoms. The van der Waals surface area contributed by atoms with Gasteiger partial charge in [-0.2, -0.15) is 0 Å². The zero-order chi connectivity index (χ0) is 13.4. The summed E-state index contributed by atoms with van der Waals surface area (Å²) in [6, 6.07) is 7.20. The van der Waals surface area contributed by atoms with E-state index in [0.29, 0.717) is 0 Å². The van der Waals surface area contributed by atoms with E-state index in [1.54, 1.807) is 18.2 Å². The maximum absolute atomic E-state index is 10.6. The molecule has 0 bridgehead atoms. The summed E-state index contributed by atoms with van der Waals surface area (Å²) in [6.45, 7) is 1.69. The van der Waals surface area contributed by atoms with Gasteiger partial charge in [0.25, 0.3) is 0 Å². The Labute approximate surface area is 105 Å². The van der Waals surface area contributed by atoms with E-state index < -0.39 is 5.97 Å². The van der Waals surface area contributed by atoms with E-state index in [9.17, 15) is 9.59 Å². The van der Waals surface area contributed by atoms with Crippen molar-refractivity contribution >= 4 is 18.0 Å². The number of hydrogen-bond donors (Lipinski definition) is 2. The molecule has 0 atom stereocenters. The van der Waals surface area contributed by atoms with Gasteiger partial charge in [0, 0.05) is 18.6 Å². The molecule has 18 heavy (non-hydrogen) atoms. The van der Waals surface area contributed by atoms with Crippen molar-refractivity contribution in [2.45, 2.75) is 6.92 Å². The Kier molecular flexibility index (Phi) is 5.20. The van der Waals surface area contributed by atoms with Gasteiger partial charge in [0.1, 0.15) is 0 Å². The number of rotatable bonds is 3. The molecule has 0 aliphatic heterocycles. The van der Waals surface area contributed by atoms with Crippen LogP contribution in [0.2, 0.25) is 0 Å². The van der Waals surface area contributed by atoms with Crippen molar-refractivity contribution in [3.8, 4) is 11.8 Å². The minimum absolute atomic E-state index is 0.136. The first-order valence-electron chi connectivity index (χ1n) is 5.33. The van der Waals surface area contributed by atoms with Crippen LogP contribution in [0.1, 0.15) is 18.1 Å². The van der Waals surface area contributed by atoms with E-state index in [1.807, 2.05) is 6.07 Å². The number of hydrogen-bond acceptors (Lipinski definition) is 2. The smallest absolute Gasteiger partial charge is 0.328 e. The second-order valence-electron chi connectivity index (χ2n) is 3.47. The van der Waals surface area contributed by atoms with E-state index in [-0.39, 0.29) is 12.5 Å². The Bertz CT molecular complexity index is 535. The summed E-state index contributed by atoms with van der Waals surface area (Å²) in [6.07, 6.45) is 2.55. The van der Waals surface area contributed by atoms with E-state index in [2.05, 4.69) is 17.2 Å². The van der Waals surface area contributed by atoms with Crippen molar-refractivity contribution in [1.82, 2.24) is 5.32 Å². The van der Waals surface area contributed by atoms with Gasteiger partial charge in [-0.05, 0) is 17.7 Å². The summed E-state index contributed by atoms with van der Waals surface area (Å²) < 4.78 is 0. The Morgan fingerprint density at radius 3 is 2.78 bits per heavy atom. The van der Waals surface area contributed by atoms with Gasteiger partial charge in [0.05, 0.1) is 6.54 Å². The van der Waals surface area contributed by atoms with Crippen LogP contribution in [0, 0.1) is 11.8 Å². The number of nitrogens with one attached hydrogen (secondary N) is 1. The molecule has 0 heterocycles. The van der Waals surface area contributed by atoms with Gasteiger partial charge >= 0.3 is 5.97 Å². The largest absolute Gasteiger partial charge is 0.478 e. The third-order valence-corrected chi connectivity index (χ3v) is 2.02. The van der Waals surface area contributed by atoms with Crippen LogP contribution < -0.4 is 5.32 Å². The zero-order valence-electron chi connectivity index (χ0n) is 9.93. The molecule has 1 rings (SSSR count). The standard InChI is InChI=1S/C14H13NO3/c1-11(16)15-10-4-7-12-5-2-3-6-13(12)8-9-14(17)18/h2-3,5-6,8-9H,10H2,1H3,(H,15,16)(H,17,18)/b9-8+. The van der Waals surface area contributed by atoms with Gasteiger partial charge in [-0.3, -0.25) is 4.79 Å². The number of amides is 1. The lowest BCUT2D eigenvalue weighted by Crippen LogP contribution is -2.19. The molecule has 0 unspecified atom stereocenters. The monoisotopic (exact) mass is 243 g/mol. The molecular formula is C14H13NO3. The van der Waals surface area contributed by atoms with Crippen molar-refractivity contribution in [1.29, 1.82) is 0 Å². The Hall–Kier alpha value is -2.54. The zero-order valence-corrected chi connectivity index (χ0v) is 9.93. The Morgan fingerprint density at radius 1 is 1.39 bits per heavy atom. The summed E-state index contributed by atoms with van der Waals surface area (Å²) in [5.74, 6) is 4.54. The summed E-state index contributed by atoms with van der Waals surface area (Å²) in [7, 11) is 0. The molecule has 1 aromatic carbocycles. The number of carbonyl (C=O) groups excluding carboxylic acids is 1. The summed E-state index contributed by atoms with van der Waals surface area (Å²) >= 11 is 0. The summed E-state index contributed by atoms with van der Waals surface area (Å²) in [4.78, 5) is 21.1. The first kappa shape index (κ1) is 13.5. The number of benzene rings is 1. The van der Waals surface area contributed by atoms with E-state index in [1.165, 1.54) is 13.0 Å². The topological polar surface area (TPSA) is 66.4 Å². The first-order valence-corrected chi connectivity index (χ1v) is 5.33. The number of carbonyl (C=O) groups is 2. The SMILES string of the molecule is CC(=O)NCC#Cc1ccccc1/C=C/C(=O)O. The molecule has 2 N–H and O–H groups in total. The lowest BCUT2D eigenvalue weighted by molar-refractivity contribution is -0.131. The van der Waals surface area contributed by atoms with Crippen LogP contribution >= 0.6 is 0 Å². The summed E-state index contributed by atoms with van der Waals surface area (Å²) in [5.41, 5.74) is 1.45. The van der Waals surface area contributed by atoms with Crippen molar-refractivity contribution in [2.75, 3.05) is 6.54 Å². The molecular weight excluding hydrogens is 230 g/mol. The fourth-order valence-electron chi connectivity index (χ4n) is 1.23. The fourth-order valence-corrected chi connectivity index (χ4v) is 1.23. The third kappa shape index (κ3) is 4.99. The van der Waals surface area contributed by atoms with Crippen LogP contribution in [-0.4, -0.2) is 23.5 Å². The maximum Gasteiger partial charge on any atom is 0.328 e. The van der Waals surface area contributed by atoms with Crippen LogP contribution in [0.4, 0.5) is 0 Å². The second-order valence-corrected chi connectivity index (χ2v) is 3.47. The highest BCUT2D eigenvalue weighted by atomic mass is 16.4. The number of carboxylic acid groups (broad SMARTS) is 1. The molecule has 1 amide bonds. The third-order valence-electron chi connectivity index (χ3n) is 2.02. The number of carboxylic acids is 1. The molecule has 0 saturated heterocycles. The van der Waals surface area contributed by atoms with Crippen molar-refractivity contribution in [2.24, 2.45) is 0 Å². The number of aliphatic carboxylic acids is 1. The average Bonchev–Trinajstić information content (AvgIpc) is 2.33. The molecule has 0 spiro atoms.